The minimum absolute atomic E-state index is 0.182. The predicted octanol–water partition coefficient (Wildman–Crippen LogP) is 5.93. The molecule has 0 bridgehead atoms. The number of amides is 1. The first kappa shape index (κ1) is 24.8. The van der Waals surface area contributed by atoms with Crippen LogP contribution in [-0.2, 0) is 22.4 Å². The van der Waals surface area contributed by atoms with Crippen LogP contribution in [0.1, 0.15) is 29.3 Å². The topological polar surface area (TPSA) is 81.5 Å². The number of hydrogen-bond acceptors (Lipinski definition) is 6. The zero-order chi connectivity index (χ0) is 26.1. The normalized spacial score (nSPS) is 12.7. The lowest BCUT2D eigenvalue weighted by atomic mass is 9.89. The van der Waals surface area contributed by atoms with E-state index in [0.29, 0.717) is 18.2 Å². The van der Waals surface area contributed by atoms with E-state index in [1.807, 2.05) is 0 Å². The molecule has 0 atom stereocenters. The van der Waals surface area contributed by atoms with Crippen LogP contribution in [0.25, 0.3) is 22.0 Å². The van der Waals surface area contributed by atoms with Crippen LogP contribution < -0.4 is 10.2 Å². The molecule has 0 saturated carbocycles. The van der Waals surface area contributed by atoms with Crippen LogP contribution >= 0.6 is 0 Å². The molecular weight excluding hydrogens is 466 g/mol. The predicted molar refractivity (Wildman–Crippen MR) is 147 cm³/mol. The molecule has 2 aromatic heterocycles. The van der Waals surface area contributed by atoms with Crippen molar-refractivity contribution in [3.63, 3.8) is 0 Å². The Kier molecular flexibility index (Phi) is 6.84. The number of aryl methyl sites for hydroxylation is 2. The fourth-order valence-corrected chi connectivity index (χ4v) is 5.31. The second kappa shape index (κ2) is 10.2. The fourth-order valence-electron chi connectivity index (χ4n) is 5.31. The molecule has 3 heterocycles. The van der Waals surface area contributed by atoms with Gasteiger partial charge in [0.1, 0.15) is 6.61 Å². The van der Waals surface area contributed by atoms with Gasteiger partial charge in [-0.2, -0.15) is 0 Å². The monoisotopic (exact) mass is 499 g/mol. The molecule has 0 spiro atoms. The summed E-state index contributed by atoms with van der Waals surface area (Å²) in [5, 5.41) is 3.93. The Bertz CT molecular complexity index is 1440. The van der Waals surface area contributed by atoms with Gasteiger partial charge in [-0.3, -0.25) is 5.32 Å². The van der Waals surface area contributed by atoms with Crippen molar-refractivity contribution in [2.24, 2.45) is 0 Å². The summed E-state index contributed by atoms with van der Waals surface area (Å²) in [6.45, 7) is 10.9. The highest BCUT2D eigenvalue weighted by Crippen LogP contribution is 2.46. The van der Waals surface area contributed by atoms with E-state index in [2.05, 4.69) is 82.8 Å². The van der Waals surface area contributed by atoms with E-state index < -0.39 is 6.09 Å². The molecule has 0 fully saturated rings. The van der Waals surface area contributed by atoms with Crippen molar-refractivity contribution in [2.75, 3.05) is 37.1 Å². The molecule has 0 aliphatic carbocycles. The molecule has 1 amide bonds. The number of carbonyl (C=O) groups is 1. The first-order valence-corrected chi connectivity index (χ1v) is 12.7. The Morgan fingerprint density at radius 2 is 1.78 bits per heavy atom. The zero-order valence-electron chi connectivity index (χ0n) is 22.1. The molecule has 4 aromatic rings. The van der Waals surface area contributed by atoms with Gasteiger partial charge >= 0.3 is 6.09 Å². The summed E-state index contributed by atoms with van der Waals surface area (Å²) >= 11 is 0. The van der Waals surface area contributed by atoms with E-state index >= 15 is 0 Å². The summed E-state index contributed by atoms with van der Waals surface area (Å²) in [6.07, 6.45) is 3.60. The maximum atomic E-state index is 12.0. The number of anilines is 3. The summed E-state index contributed by atoms with van der Waals surface area (Å²) in [5.74, 6) is 0.609. The molecule has 192 valence electrons. The Hall–Kier alpha value is -3.91. The molecule has 0 unspecified atom stereocenters. The highest BCUT2D eigenvalue weighted by atomic mass is 16.6. The molecular formula is C29H33N5O3. The molecule has 5 rings (SSSR count). The second-order valence-electron chi connectivity index (χ2n) is 9.42. The van der Waals surface area contributed by atoms with Crippen LogP contribution in [0.15, 0.2) is 42.7 Å². The van der Waals surface area contributed by atoms with Gasteiger partial charge in [-0.05, 0) is 55.5 Å². The lowest BCUT2D eigenvalue weighted by molar-refractivity contribution is 0.107. The van der Waals surface area contributed by atoms with Crippen LogP contribution in [0, 0.1) is 20.8 Å². The van der Waals surface area contributed by atoms with Gasteiger partial charge in [-0.1, -0.05) is 36.8 Å². The van der Waals surface area contributed by atoms with Crippen LogP contribution in [0.4, 0.5) is 22.1 Å². The first-order valence-electron chi connectivity index (χ1n) is 12.7. The lowest BCUT2D eigenvalue weighted by Crippen LogP contribution is -2.30. The average molecular weight is 500 g/mol. The van der Waals surface area contributed by atoms with E-state index in [1.165, 1.54) is 44.4 Å². The van der Waals surface area contributed by atoms with Crippen molar-refractivity contribution in [2.45, 2.75) is 40.7 Å². The van der Waals surface area contributed by atoms with E-state index in [1.54, 1.807) is 19.5 Å². The molecule has 1 N–H and O–H groups in total. The van der Waals surface area contributed by atoms with Gasteiger partial charge in [0.05, 0.1) is 35.9 Å². The number of methoxy groups -OCH3 is 1. The van der Waals surface area contributed by atoms with Crippen LogP contribution in [0.5, 0.6) is 0 Å². The van der Waals surface area contributed by atoms with E-state index in [4.69, 9.17) is 9.47 Å². The first-order chi connectivity index (χ1) is 17.9. The maximum absolute atomic E-state index is 12.0. The summed E-state index contributed by atoms with van der Waals surface area (Å²) in [4.78, 5) is 23.4. The largest absolute Gasteiger partial charge is 0.447 e. The Labute approximate surface area is 217 Å². The van der Waals surface area contributed by atoms with Crippen molar-refractivity contribution >= 4 is 34.3 Å². The Morgan fingerprint density at radius 3 is 2.46 bits per heavy atom. The van der Waals surface area contributed by atoms with Gasteiger partial charge in [-0.15, -0.1) is 0 Å². The van der Waals surface area contributed by atoms with Gasteiger partial charge < -0.3 is 18.9 Å². The summed E-state index contributed by atoms with van der Waals surface area (Å²) in [7, 11) is 1.56. The molecule has 8 heteroatoms. The third kappa shape index (κ3) is 4.53. The quantitative estimate of drug-likeness (QED) is 0.317. The number of hydrogen-bond donors (Lipinski definition) is 1. The number of benzene rings is 2. The van der Waals surface area contributed by atoms with Crippen LogP contribution in [0.3, 0.4) is 0 Å². The van der Waals surface area contributed by atoms with Gasteiger partial charge in [-0.25, -0.2) is 14.8 Å². The average Bonchev–Trinajstić information content (AvgIpc) is 3.23. The standard InChI is InChI=1S/C29H33N5O3/c1-6-23-20(4)26-27-24(25(23)21-9-7-18(2)8-10-21)15-19(3)33(27)11-12-34(26)28-30-16-22(17-31-28)32-29(35)37-14-13-36-5/h7-10,15-17H,6,11-14H2,1-5H3,(H,32,35). The second-order valence-corrected chi connectivity index (χ2v) is 9.42. The Morgan fingerprint density at radius 1 is 1.05 bits per heavy atom. The summed E-state index contributed by atoms with van der Waals surface area (Å²) < 4.78 is 12.4. The van der Waals surface area contributed by atoms with E-state index in [0.717, 1.165) is 25.2 Å². The third-order valence-electron chi connectivity index (χ3n) is 7.06. The third-order valence-corrected chi connectivity index (χ3v) is 7.06. The SMILES string of the molecule is CCc1c(C)c2c3c(cc(C)n3CCN2c2ncc(NC(=O)OCCOC)cn2)c1-c1ccc(C)cc1. The molecule has 0 saturated heterocycles. The molecule has 0 radical (unpaired) electrons. The summed E-state index contributed by atoms with van der Waals surface area (Å²) in [6, 6.07) is 11.1. The number of aromatic nitrogens is 3. The minimum Gasteiger partial charge on any atom is -0.447 e. The van der Waals surface area contributed by atoms with E-state index in [9.17, 15) is 4.79 Å². The van der Waals surface area contributed by atoms with E-state index in [-0.39, 0.29) is 6.61 Å². The minimum atomic E-state index is -0.559. The highest BCUT2D eigenvalue weighted by molar-refractivity contribution is 6.07. The summed E-state index contributed by atoms with van der Waals surface area (Å²) in [5.41, 5.74) is 10.5. The number of carbonyl (C=O) groups excluding carboxylic acids is 1. The van der Waals surface area contributed by atoms with Gasteiger partial charge in [0.25, 0.3) is 0 Å². The van der Waals surface area contributed by atoms with Gasteiger partial charge in [0.2, 0.25) is 5.95 Å². The smallest absolute Gasteiger partial charge is 0.411 e. The van der Waals surface area contributed by atoms with Crippen molar-refractivity contribution in [1.82, 2.24) is 14.5 Å². The van der Waals surface area contributed by atoms with Crippen LogP contribution in [0.2, 0.25) is 0 Å². The number of nitrogens with one attached hydrogen (secondary N) is 1. The highest BCUT2D eigenvalue weighted by Gasteiger charge is 2.29. The number of rotatable bonds is 7. The molecule has 2 aromatic carbocycles. The number of nitrogens with zero attached hydrogens (tertiary/aromatic N) is 4. The molecule has 1 aliphatic rings. The van der Waals surface area contributed by atoms with Crippen molar-refractivity contribution in [3.8, 4) is 11.1 Å². The lowest BCUT2D eigenvalue weighted by Gasteiger charge is -2.33. The van der Waals surface area contributed by atoms with Crippen molar-refractivity contribution in [1.29, 1.82) is 0 Å². The zero-order valence-corrected chi connectivity index (χ0v) is 22.1. The van der Waals surface area contributed by atoms with Crippen molar-refractivity contribution in [3.05, 3.63) is 65.1 Å². The van der Waals surface area contributed by atoms with Crippen LogP contribution in [-0.4, -0.2) is 47.5 Å². The van der Waals surface area contributed by atoms with Crippen molar-refractivity contribution < 1.29 is 14.3 Å². The van der Waals surface area contributed by atoms with Gasteiger partial charge in [0.15, 0.2) is 0 Å². The molecule has 37 heavy (non-hydrogen) atoms. The Balaban J connectivity index is 1.56. The molecule has 8 nitrogen and oxygen atoms in total. The fraction of sp³-hybridized carbons (Fsp3) is 0.345. The number of ether oxygens (including phenoxy) is 2. The van der Waals surface area contributed by atoms with Gasteiger partial charge in [0, 0.05) is 31.3 Å². The maximum Gasteiger partial charge on any atom is 0.411 e. The molecule has 1 aliphatic heterocycles.